The third-order valence-corrected chi connectivity index (χ3v) is 6.25. The molecule has 3 heterocycles. The van der Waals surface area contributed by atoms with Crippen LogP contribution in [-0.2, 0) is 13.1 Å². The van der Waals surface area contributed by atoms with Crippen LogP contribution in [0.15, 0.2) is 60.7 Å². The number of para-hydroxylation sites is 1. The topological polar surface area (TPSA) is 61.7 Å². The Labute approximate surface area is 192 Å². The smallest absolute Gasteiger partial charge is 0.274 e. The molecule has 2 aliphatic rings. The van der Waals surface area contributed by atoms with Gasteiger partial charge in [0.25, 0.3) is 11.8 Å². The highest BCUT2D eigenvalue weighted by atomic mass is 19.1. The number of piperazine rings is 1. The van der Waals surface area contributed by atoms with Crippen LogP contribution in [0, 0.1) is 5.82 Å². The zero-order chi connectivity index (χ0) is 22.8. The summed E-state index contributed by atoms with van der Waals surface area (Å²) in [7, 11) is 0. The molecule has 2 amide bonds. The van der Waals surface area contributed by atoms with Crippen LogP contribution in [-0.4, -0.2) is 64.1 Å². The minimum Gasteiger partial charge on any atom is -0.368 e. The van der Waals surface area contributed by atoms with Gasteiger partial charge in [-0.05, 0) is 36.2 Å². The highest BCUT2D eigenvalue weighted by Crippen LogP contribution is 2.20. The van der Waals surface area contributed by atoms with Gasteiger partial charge in [0.15, 0.2) is 5.69 Å². The van der Waals surface area contributed by atoms with Crippen molar-refractivity contribution in [2.75, 3.05) is 37.6 Å². The molecule has 8 heteroatoms. The van der Waals surface area contributed by atoms with E-state index in [1.165, 1.54) is 12.1 Å². The first-order valence-electron chi connectivity index (χ1n) is 11.3. The van der Waals surface area contributed by atoms with Gasteiger partial charge >= 0.3 is 0 Å². The number of anilines is 1. The fourth-order valence-corrected chi connectivity index (χ4v) is 4.51. The van der Waals surface area contributed by atoms with E-state index in [1.54, 1.807) is 26.6 Å². The van der Waals surface area contributed by atoms with E-state index in [9.17, 15) is 14.0 Å². The van der Waals surface area contributed by atoms with E-state index < -0.39 is 0 Å². The van der Waals surface area contributed by atoms with Crippen molar-refractivity contribution in [3.63, 3.8) is 0 Å². The molecule has 2 aliphatic heterocycles. The molecule has 0 saturated carbocycles. The van der Waals surface area contributed by atoms with Crippen molar-refractivity contribution in [1.29, 1.82) is 0 Å². The van der Waals surface area contributed by atoms with Gasteiger partial charge in [0.2, 0.25) is 0 Å². The summed E-state index contributed by atoms with van der Waals surface area (Å²) in [6.45, 7) is 4.17. The molecule has 1 aromatic heterocycles. The van der Waals surface area contributed by atoms with E-state index in [0.717, 1.165) is 30.8 Å². The summed E-state index contributed by atoms with van der Waals surface area (Å²) in [5.74, 6) is -0.648. The maximum absolute atomic E-state index is 13.6. The number of amides is 2. The van der Waals surface area contributed by atoms with Crippen molar-refractivity contribution >= 4 is 17.5 Å². The number of rotatable bonds is 4. The van der Waals surface area contributed by atoms with Crippen molar-refractivity contribution in [3.8, 4) is 0 Å². The monoisotopic (exact) mass is 447 g/mol. The number of nitrogens with zero attached hydrogens (tertiary/aromatic N) is 5. The Bertz CT molecular complexity index is 1150. The van der Waals surface area contributed by atoms with E-state index in [2.05, 4.69) is 22.1 Å². The number of carbonyl (C=O) groups excluding carboxylic acids is 2. The molecule has 33 heavy (non-hydrogen) atoms. The van der Waals surface area contributed by atoms with Crippen molar-refractivity contribution in [2.24, 2.45) is 0 Å². The van der Waals surface area contributed by atoms with Crippen molar-refractivity contribution in [3.05, 3.63) is 83.4 Å². The van der Waals surface area contributed by atoms with Crippen LogP contribution in [0.1, 0.15) is 33.0 Å². The number of benzene rings is 2. The zero-order valence-electron chi connectivity index (χ0n) is 18.4. The van der Waals surface area contributed by atoms with Crippen LogP contribution >= 0.6 is 0 Å². The second-order valence-corrected chi connectivity index (χ2v) is 8.46. The maximum Gasteiger partial charge on any atom is 0.274 e. The van der Waals surface area contributed by atoms with Gasteiger partial charge < -0.3 is 14.7 Å². The van der Waals surface area contributed by atoms with Gasteiger partial charge in [-0.3, -0.25) is 14.3 Å². The van der Waals surface area contributed by atoms with Crippen LogP contribution in [0.25, 0.3) is 0 Å². The molecular weight excluding hydrogens is 421 g/mol. The average molecular weight is 448 g/mol. The molecule has 0 atom stereocenters. The summed E-state index contributed by atoms with van der Waals surface area (Å²) < 4.78 is 15.2. The van der Waals surface area contributed by atoms with E-state index in [-0.39, 0.29) is 17.6 Å². The first-order valence-corrected chi connectivity index (χ1v) is 11.3. The largest absolute Gasteiger partial charge is 0.368 e. The van der Waals surface area contributed by atoms with Gasteiger partial charge in [0.1, 0.15) is 11.5 Å². The number of hydrogen-bond donors (Lipinski definition) is 0. The lowest BCUT2D eigenvalue weighted by molar-refractivity contribution is 0.0738. The van der Waals surface area contributed by atoms with Crippen LogP contribution in [0.3, 0.4) is 0 Å². The van der Waals surface area contributed by atoms with Crippen LogP contribution < -0.4 is 4.90 Å². The first-order chi connectivity index (χ1) is 16.1. The fraction of sp³-hybridized carbons (Fsp3) is 0.320. The Morgan fingerprint density at radius 3 is 2.45 bits per heavy atom. The summed E-state index contributed by atoms with van der Waals surface area (Å²) in [6.07, 6.45) is 0.721. The van der Waals surface area contributed by atoms with Gasteiger partial charge in [-0.1, -0.05) is 30.3 Å². The summed E-state index contributed by atoms with van der Waals surface area (Å²) >= 11 is 0. The number of halogens is 1. The molecule has 0 bridgehead atoms. The SMILES string of the molecule is O=C(c1cc2n(n1)CCCN(Cc1cccc(F)c1)C2=O)N1CCN(c2ccccc2)CC1. The number of hydrogen-bond acceptors (Lipinski definition) is 4. The second-order valence-electron chi connectivity index (χ2n) is 8.46. The number of aromatic nitrogens is 2. The third kappa shape index (κ3) is 4.46. The summed E-state index contributed by atoms with van der Waals surface area (Å²) in [5, 5.41) is 4.47. The van der Waals surface area contributed by atoms with Crippen LogP contribution in [0.4, 0.5) is 10.1 Å². The Kier molecular flexibility index (Phi) is 5.81. The molecule has 170 valence electrons. The van der Waals surface area contributed by atoms with Crippen LogP contribution in [0.5, 0.6) is 0 Å². The Morgan fingerprint density at radius 1 is 0.909 bits per heavy atom. The number of carbonyl (C=O) groups is 2. The van der Waals surface area contributed by atoms with E-state index in [0.29, 0.717) is 44.1 Å². The molecule has 2 aromatic carbocycles. The van der Waals surface area contributed by atoms with E-state index >= 15 is 0 Å². The molecule has 1 fully saturated rings. The van der Waals surface area contributed by atoms with Crippen molar-refractivity contribution in [1.82, 2.24) is 19.6 Å². The standard InChI is InChI=1S/C25H26FN5O2/c26-20-7-4-6-19(16-20)18-30-10-5-11-31-23(25(30)33)17-22(27-31)24(32)29-14-12-28(13-15-29)21-8-2-1-3-9-21/h1-4,6-9,16-17H,5,10-15,18H2. The average Bonchev–Trinajstić information content (AvgIpc) is 3.21. The fourth-order valence-electron chi connectivity index (χ4n) is 4.51. The highest BCUT2D eigenvalue weighted by Gasteiger charge is 2.29. The lowest BCUT2D eigenvalue weighted by Crippen LogP contribution is -2.48. The molecule has 0 unspecified atom stereocenters. The summed E-state index contributed by atoms with van der Waals surface area (Å²) in [5.41, 5.74) is 2.61. The molecule has 0 spiro atoms. The molecule has 1 saturated heterocycles. The molecule has 7 nitrogen and oxygen atoms in total. The van der Waals surface area contributed by atoms with Crippen molar-refractivity contribution in [2.45, 2.75) is 19.5 Å². The number of fused-ring (bicyclic) bond motifs is 1. The van der Waals surface area contributed by atoms with Gasteiger partial charge in [-0.25, -0.2) is 4.39 Å². The Balaban J connectivity index is 1.27. The first kappa shape index (κ1) is 21.2. The van der Waals surface area contributed by atoms with E-state index in [1.807, 2.05) is 24.3 Å². The predicted molar refractivity (Wildman–Crippen MR) is 123 cm³/mol. The minimum absolute atomic E-state index is 0.146. The van der Waals surface area contributed by atoms with Crippen molar-refractivity contribution < 1.29 is 14.0 Å². The normalized spacial score (nSPS) is 16.5. The molecule has 0 N–H and O–H groups in total. The second kappa shape index (κ2) is 9.05. The predicted octanol–water partition coefficient (Wildman–Crippen LogP) is 3.03. The molecule has 0 aliphatic carbocycles. The molecule has 5 rings (SSSR count). The molecule has 3 aromatic rings. The minimum atomic E-state index is -0.319. The lowest BCUT2D eigenvalue weighted by atomic mass is 10.2. The highest BCUT2D eigenvalue weighted by molar-refractivity contribution is 5.98. The van der Waals surface area contributed by atoms with Gasteiger partial charge in [0.05, 0.1) is 0 Å². The van der Waals surface area contributed by atoms with Crippen LogP contribution in [0.2, 0.25) is 0 Å². The third-order valence-electron chi connectivity index (χ3n) is 6.25. The summed E-state index contributed by atoms with van der Waals surface area (Å²) in [4.78, 5) is 32.1. The lowest BCUT2D eigenvalue weighted by Gasteiger charge is -2.35. The van der Waals surface area contributed by atoms with E-state index in [4.69, 9.17) is 0 Å². The van der Waals surface area contributed by atoms with Gasteiger partial charge in [-0.15, -0.1) is 0 Å². The summed E-state index contributed by atoms with van der Waals surface area (Å²) in [6, 6.07) is 18.1. The molecule has 0 radical (unpaired) electrons. The van der Waals surface area contributed by atoms with Gasteiger partial charge in [0, 0.05) is 57.6 Å². The Morgan fingerprint density at radius 2 is 1.70 bits per heavy atom. The molecular formula is C25H26FN5O2. The van der Waals surface area contributed by atoms with Gasteiger partial charge in [-0.2, -0.15) is 5.10 Å². The Hall–Kier alpha value is -3.68. The maximum atomic E-state index is 13.6. The quantitative estimate of drug-likeness (QED) is 0.617. The zero-order valence-corrected chi connectivity index (χ0v) is 18.4. The number of aryl methyl sites for hydroxylation is 1.